The Morgan fingerprint density at radius 1 is 0.771 bits per heavy atom. The Labute approximate surface area is 200 Å². The second-order valence-corrected chi connectivity index (χ2v) is 8.00. The van der Waals surface area contributed by atoms with Crippen molar-refractivity contribution in [3.8, 4) is 11.1 Å². The summed E-state index contributed by atoms with van der Waals surface area (Å²) in [5, 5.41) is 2.63. The molecule has 35 heavy (non-hydrogen) atoms. The Morgan fingerprint density at radius 3 is 2.17 bits per heavy atom. The minimum Gasteiger partial charge on any atom is -0.457 e. The maximum Gasteiger partial charge on any atom is 0.375 e. The molecule has 4 aromatic rings. The average Bonchev–Trinajstić information content (AvgIpc) is 3.38. The molecule has 0 fully saturated rings. The van der Waals surface area contributed by atoms with Crippen LogP contribution in [0.25, 0.3) is 11.1 Å². The molecule has 1 aromatic heterocycles. The zero-order valence-electron chi connectivity index (χ0n) is 18.6. The molecule has 1 heterocycles. The van der Waals surface area contributed by atoms with E-state index in [0.29, 0.717) is 11.1 Å². The van der Waals surface area contributed by atoms with E-state index in [0.717, 1.165) is 5.56 Å². The highest BCUT2D eigenvalue weighted by atomic mass is 16.6. The van der Waals surface area contributed by atoms with Gasteiger partial charge in [0, 0.05) is 22.3 Å². The van der Waals surface area contributed by atoms with Crippen molar-refractivity contribution in [3.05, 3.63) is 113 Å². The SMILES string of the molecule is CC(OC(=O)c1occc1-c1ccccc1)C(=O)Nc1cccc2c1C(=O)c1ccccc1C2=O. The number of carbonyl (C=O) groups is 4. The molecule has 7 heteroatoms. The molecule has 1 aliphatic carbocycles. The molecule has 0 radical (unpaired) electrons. The summed E-state index contributed by atoms with van der Waals surface area (Å²) in [6.07, 6.45) is 0.175. The molecule has 0 saturated heterocycles. The third kappa shape index (κ3) is 3.93. The lowest BCUT2D eigenvalue weighted by Gasteiger charge is -2.21. The highest BCUT2D eigenvalue weighted by Gasteiger charge is 2.32. The maximum atomic E-state index is 13.1. The van der Waals surface area contributed by atoms with Crippen molar-refractivity contribution in [2.24, 2.45) is 0 Å². The van der Waals surface area contributed by atoms with E-state index >= 15 is 0 Å². The van der Waals surface area contributed by atoms with E-state index in [1.807, 2.05) is 30.3 Å². The number of benzene rings is 3. The summed E-state index contributed by atoms with van der Waals surface area (Å²) in [5.74, 6) is -2.13. The van der Waals surface area contributed by atoms with Crippen LogP contribution in [-0.2, 0) is 9.53 Å². The molecule has 1 aliphatic rings. The van der Waals surface area contributed by atoms with Crippen molar-refractivity contribution >= 4 is 29.1 Å². The number of ketones is 2. The maximum absolute atomic E-state index is 13.1. The number of hydrogen-bond donors (Lipinski definition) is 1. The number of rotatable bonds is 5. The van der Waals surface area contributed by atoms with Gasteiger partial charge < -0.3 is 14.5 Å². The molecule has 0 aliphatic heterocycles. The van der Waals surface area contributed by atoms with Crippen LogP contribution >= 0.6 is 0 Å². The first-order valence-electron chi connectivity index (χ1n) is 10.9. The van der Waals surface area contributed by atoms with Crippen molar-refractivity contribution in [1.29, 1.82) is 0 Å². The smallest absolute Gasteiger partial charge is 0.375 e. The molecule has 1 atom stereocenters. The molecule has 1 unspecified atom stereocenters. The second kappa shape index (κ2) is 8.87. The van der Waals surface area contributed by atoms with E-state index in [1.165, 1.54) is 19.3 Å². The average molecular weight is 465 g/mol. The molecule has 1 N–H and O–H groups in total. The Kier molecular flexibility index (Phi) is 5.58. The second-order valence-electron chi connectivity index (χ2n) is 8.00. The van der Waals surface area contributed by atoms with E-state index < -0.39 is 18.0 Å². The minimum atomic E-state index is -1.20. The van der Waals surface area contributed by atoms with Gasteiger partial charge in [0.25, 0.3) is 5.91 Å². The monoisotopic (exact) mass is 465 g/mol. The zero-order chi connectivity index (χ0) is 24.5. The van der Waals surface area contributed by atoms with Crippen molar-refractivity contribution in [3.63, 3.8) is 0 Å². The van der Waals surface area contributed by atoms with E-state index in [2.05, 4.69) is 5.32 Å². The van der Waals surface area contributed by atoms with Gasteiger partial charge in [-0.05, 0) is 24.6 Å². The van der Waals surface area contributed by atoms with Crippen LogP contribution in [0.1, 0.15) is 49.3 Å². The summed E-state index contributed by atoms with van der Waals surface area (Å²) < 4.78 is 10.7. The van der Waals surface area contributed by atoms with Crippen LogP contribution in [0, 0.1) is 0 Å². The van der Waals surface area contributed by atoms with Crippen molar-refractivity contribution in [2.45, 2.75) is 13.0 Å². The highest BCUT2D eigenvalue weighted by molar-refractivity contribution is 6.30. The molecular formula is C28H19NO6. The number of furan rings is 1. The van der Waals surface area contributed by atoms with Crippen molar-refractivity contribution in [2.75, 3.05) is 5.32 Å². The number of amides is 1. The van der Waals surface area contributed by atoms with Gasteiger partial charge in [-0.2, -0.15) is 0 Å². The van der Waals surface area contributed by atoms with Crippen LogP contribution in [0.15, 0.2) is 89.5 Å². The van der Waals surface area contributed by atoms with Crippen LogP contribution in [0.3, 0.4) is 0 Å². The van der Waals surface area contributed by atoms with Gasteiger partial charge in [0.05, 0.1) is 17.5 Å². The third-order valence-electron chi connectivity index (χ3n) is 5.80. The van der Waals surface area contributed by atoms with Crippen LogP contribution in [-0.4, -0.2) is 29.5 Å². The van der Waals surface area contributed by atoms with E-state index in [9.17, 15) is 19.2 Å². The standard InChI is InChI=1S/C28H19NO6/c1-16(35-28(33)26-18(14-15-34-26)17-8-3-2-4-9-17)27(32)29-22-13-7-12-21-23(22)25(31)20-11-6-5-10-19(20)24(21)30/h2-16H,1H3,(H,29,32). The number of ether oxygens (including phenoxy) is 1. The molecule has 1 amide bonds. The third-order valence-corrected chi connectivity index (χ3v) is 5.80. The molecule has 172 valence electrons. The summed E-state index contributed by atoms with van der Waals surface area (Å²) in [7, 11) is 0. The summed E-state index contributed by atoms with van der Waals surface area (Å²) in [4.78, 5) is 51.7. The largest absolute Gasteiger partial charge is 0.457 e. The Hall–Kier alpha value is -4.78. The predicted molar refractivity (Wildman–Crippen MR) is 127 cm³/mol. The zero-order valence-corrected chi connectivity index (χ0v) is 18.6. The van der Waals surface area contributed by atoms with Crippen LogP contribution in [0.4, 0.5) is 5.69 Å². The summed E-state index contributed by atoms with van der Waals surface area (Å²) in [6, 6.07) is 22.0. The lowest BCUT2D eigenvalue weighted by Crippen LogP contribution is -2.31. The first-order chi connectivity index (χ1) is 17.0. The van der Waals surface area contributed by atoms with Gasteiger partial charge in [-0.3, -0.25) is 14.4 Å². The molecule has 0 saturated carbocycles. The summed E-state index contributed by atoms with van der Waals surface area (Å²) >= 11 is 0. The van der Waals surface area contributed by atoms with Gasteiger partial charge in [0.2, 0.25) is 5.76 Å². The highest BCUT2D eigenvalue weighted by Crippen LogP contribution is 2.32. The van der Waals surface area contributed by atoms with Crippen LogP contribution < -0.4 is 5.32 Å². The molecule has 3 aromatic carbocycles. The van der Waals surface area contributed by atoms with Gasteiger partial charge in [0.15, 0.2) is 17.7 Å². The van der Waals surface area contributed by atoms with E-state index in [1.54, 1.807) is 42.5 Å². The number of carbonyl (C=O) groups excluding carboxylic acids is 4. The van der Waals surface area contributed by atoms with Crippen LogP contribution in [0.5, 0.6) is 0 Å². The first kappa shape index (κ1) is 22.0. The van der Waals surface area contributed by atoms with Gasteiger partial charge >= 0.3 is 5.97 Å². The number of nitrogens with one attached hydrogen (secondary N) is 1. The molecule has 7 nitrogen and oxygen atoms in total. The van der Waals surface area contributed by atoms with Gasteiger partial charge in [-0.1, -0.05) is 66.7 Å². The fraction of sp³-hybridized carbons (Fsp3) is 0.0714. The number of fused-ring (bicyclic) bond motifs is 2. The molecule has 5 rings (SSSR count). The topological polar surface area (TPSA) is 103 Å². The first-order valence-corrected chi connectivity index (χ1v) is 10.9. The van der Waals surface area contributed by atoms with Gasteiger partial charge in [-0.15, -0.1) is 0 Å². The molecule has 0 spiro atoms. The Morgan fingerprint density at radius 2 is 1.43 bits per heavy atom. The van der Waals surface area contributed by atoms with E-state index in [4.69, 9.17) is 9.15 Å². The normalized spacial score (nSPS) is 12.9. The lowest BCUT2D eigenvalue weighted by molar-refractivity contribution is -0.123. The molecular weight excluding hydrogens is 446 g/mol. The molecule has 0 bridgehead atoms. The quantitative estimate of drug-likeness (QED) is 0.370. The van der Waals surface area contributed by atoms with Gasteiger partial charge in [-0.25, -0.2) is 4.79 Å². The van der Waals surface area contributed by atoms with Crippen molar-refractivity contribution < 1.29 is 28.3 Å². The minimum absolute atomic E-state index is 0.0229. The van der Waals surface area contributed by atoms with Gasteiger partial charge in [0.1, 0.15) is 0 Å². The number of esters is 1. The Bertz CT molecular complexity index is 1480. The summed E-state index contributed by atoms with van der Waals surface area (Å²) in [5.41, 5.74) is 2.40. The summed E-state index contributed by atoms with van der Waals surface area (Å²) in [6.45, 7) is 1.41. The lowest BCUT2D eigenvalue weighted by atomic mass is 9.83. The fourth-order valence-electron chi connectivity index (χ4n) is 4.06. The van der Waals surface area contributed by atoms with E-state index in [-0.39, 0.29) is 39.7 Å². The Balaban J connectivity index is 1.35. The fourth-order valence-corrected chi connectivity index (χ4v) is 4.06. The number of hydrogen-bond acceptors (Lipinski definition) is 6. The van der Waals surface area contributed by atoms with Crippen molar-refractivity contribution in [1.82, 2.24) is 0 Å². The van der Waals surface area contributed by atoms with Crippen LogP contribution in [0.2, 0.25) is 0 Å². The number of anilines is 1. The predicted octanol–water partition coefficient (Wildman–Crippen LogP) is 4.91.